The van der Waals surface area contributed by atoms with Crippen LogP contribution in [0.3, 0.4) is 0 Å². The van der Waals surface area contributed by atoms with Gasteiger partial charge in [0.15, 0.2) is 0 Å². The average molecular weight is 284 g/mol. The zero-order valence-corrected chi connectivity index (χ0v) is 12.1. The van der Waals surface area contributed by atoms with Crippen LogP contribution < -0.4 is 0 Å². The highest BCUT2D eigenvalue weighted by Gasteiger charge is 2.05. The predicted molar refractivity (Wildman–Crippen MR) is 82.3 cm³/mol. The van der Waals surface area contributed by atoms with Crippen LogP contribution in [0, 0.1) is 4.64 Å². The summed E-state index contributed by atoms with van der Waals surface area (Å²) < 4.78 is 0.637. The molecule has 0 unspecified atom stereocenters. The van der Waals surface area contributed by atoms with E-state index in [4.69, 9.17) is 12.2 Å². The normalized spacial score (nSPS) is 11.1. The molecule has 4 nitrogen and oxygen atoms in total. The Bertz CT molecular complexity index is 755. The van der Waals surface area contributed by atoms with Gasteiger partial charge in [-0.15, -0.1) is 0 Å². The average Bonchev–Trinajstić information content (AvgIpc) is 2.80. The van der Waals surface area contributed by atoms with Crippen LogP contribution in [-0.4, -0.2) is 19.9 Å². The van der Waals surface area contributed by atoms with Crippen molar-refractivity contribution in [3.8, 4) is 0 Å². The molecule has 3 aromatic rings. The van der Waals surface area contributed by atoms with Crippen LogP contribution in [0.2, 0.25) is 0 Å². The Kier molecular flexibility index (Phi) is 3.60. The number of aromatic amines is 2. The molecule has 102 valence electrons. The summed E-state index contributed by atoms with van der Waals surface area (Å²) >= 11 is 5.22. The molecule has 2 N–H and O–H groups in total. The van der Waals surface area contributed by atoms with Crippen molar-refractivity contribution in [2.24, 2.45) is 0 Å². The number of nitrogens with zero attached hydrogens (tertiary/aromatic N) is 2. The summed E-state index contributed by atoms with van der Waals surface area (Å²) in [7, 11) is 0. The summed E-state index contributed by atoms with van der Waals surface area (Å²) in [4.78, 5) is 15.6. The smallest absolute Gasteiger partial charge is 0.130 e. The molecule has 0 aliphatic rings. The van der Waals surface area contributed by atoms with E-state index in [-0.39, 0.29) is 0 Å². The molecule has 0 aliphatic heterocycles. The van der Waals surface area contributed by atoms with E-state index in [1.54, 1.807) is 0 Å². The molecule has 1 aromatic carbocycles. The Morgan fingerprint density at radius 2 is 1.90 bits per heavy atom. The van der Waals surface area contributed by atoms with Gasteiger partial charge in [0.1, 0.15) is 16.3 Å². The zero-order valence-electron chi connectivity index (χ0n) is 11.3. The molecule has 2 heterocycles. The van der Waals surface area contributed by atoms with Crippen LogP contribution in [-0.2, 0) is 12.8 Å². The first-order valence-electron chi connectivity index (χ1n) is 6.77. The molecular formula is C15H16N4S. The van der Waals surface area contributed by atoms with Crippen molar-refractivity contribution in [2.75, 3.05) is 0 Å². The first kappa shape index (κ1) is 13.0. The number of nitrogens with one attached hydrogen (secondary N) is 2. The fourth-order valence-electron chi connectivity index (χ4n) is 2.30. The summed E-state index contributed by atoms with van der Waals surface area (Å²) in [6.45, 7) is 2.15. The van der Waals surface area contributed by atoms with E-state index < -0.39 is 0 Å². The van der Waals surface area contributed by atoms with Crippen LogP contribution in [0.25, 0.3) is 11.0 Å². The summed E-state index contributed by atoms with van der Waals surface area (Å²) in [6, 6.07) is 9.94. The van der Waals surface area contributed by atoms with Crippen molar-refractivity contribution in [1.29, 1.82) is 0 Å². The van der Waals surface area contributed by atoms with E-state index in [9.17, 15) is 0 Å². The van der Waals surface area contributed by atoms with E-state index in [2.05, 4.69) is 26.9 Å². The topological polar surface area (TPSA) is 57.4 Å². The van der Waals surface area contributed by atoms with Crippen molar-refractivity contribution >= 4 is 23.3 Å². The Morgan fingerprint density at radius 3 is 2.70 bits per heavy atom. The molecule has 0 amide bonds. The minimum absolute atomic E-state index is 0.635. The van der Waals surface area contributed by atoms with E-state index in [0.717, 1.165) is 41.2 Å². The summed E-state index contributed by atoms with van der Waals surface area (Å²) in [5.41, 5.74) is 3.16. The Balaban J connectivity index is 1.92. The van der Waals surface area contributed by atoms with Gasteiger partial charge < -0.3 is 9.97 Å². The molecule has 2 aromatic heterocycles. The fraction of sp³-hybridized carbons (Fsp3) is 0.267. The third-order valence-electron chi connectivity index (χ3n) is 3.14. The van der Waals surface area contributed by atoms with Crippen molar-refractivity contribution < 1.29 is 0 Å². The number of aryl methyl sites for hydroxylation is 1. The summed E-state index contributed by atoms with van der Waals surface area (Å²) in [6.07, 6.45) is 2.70. The first-order valence-corrected chi connectivity index (χ1v) is 7.18. The quantitative estimate of drug-likeness (QED) is 0.720. The number of para-hydroxylation sites is 2. The molecule has 0 radical (unpaired) electrons. The number of aromatic nitrogens is 4. The summed E-state index contributed by atoms with van der Waals surface area (Å²) in [5.74, 6) is 1.76. The molecule has 0 atom stereocenters. The molecule has 0 aliphatic carbocycles. The Morgan fingerprint density at radius 1 is 1.10 bits per heavy atom. The highest BCUT2D eigenvalue weighted by atomic mass is 32.1. The molecular weight excluding hydrogens is 268 g/mol. The van der Waals surface area contributed by atoms with Gasteiger partial charge in [-0.2, -0.15) is 0 Å². The number of rotatable bonds is 4. The molecule has 5 heteroatoms. The van der Waals surface area contributed by atoms with Gasteiger partial charge in [0, 0.05) is 5.69 Å². The zero-order chi connectivity index (χ0) is 13.9. The highest BCUT2D eigenvalue weighted by Crippen LogP contribution is 2.12. The van der Waals surface area contributed by atoms with Crippen molar-refractivity contribution in [3.05, 3.63) is 52.3 Å². The lowest BCUT2D eigenvalue weighted by molar-refractivity contribution is 0.827. The SMILES string of the molecule is CCCc1cc(=S)nc(Cc2nc3ccccc3[nH]2)[nH]1. The third kappa shape index (κ3) is 2.77. The molecule has 20 heavy (non-hydrogen) atoms. The minimum Gasteiger partial charge on any atom is -0.347 e. The number of H-pyrrole nitrogens is 2. The van der Waals surface area contributed by atoms with Crippen LogP contribution >= 0.6 is 12.2 Å². The molecule has 3 rings (SSSR count). The standard InChI is InChI=1S/C15H16N4S/c1-2-5-10-8-15(20)19-13(16-10)9-14-17-11-6-3-4-7-12(11)18-14/h3-4,6-8H,2,5,9H2,1H3,(H,17,18)(H,16,19,20). The van der Waals surface area contributed by atoms with Gasteiger partial charge >= 0.3 is 0 Å². The lowest BCUT2D eigenvalue weighted by Crippen LogP contribution is -2.02. The maximum atomic E-state index is 5.22. The maximum absolute atomic E-state index is 5.22. The number of imidazole rings is 1. The number of fused-ring (bicyclic) bond motifs is 1. The van der Waals surface area contributed by atoms with Crippen LogP contribution in [0.4, 0.5) is 0 Å². The largest absolute Gasteiger partial charge is 0.347 e. The highest BCUT2D eigenvalue weighted by molar-refractivity contribution is 7.71. The maximum Gasteiger partial charge on any atom is 0.130 e. The molecule has 0 fully saturated rings. The second-order valence-corrected chi connectivity index (χ2v) is 5.24. The van der Waals surface area contributed by atoms with E-state index >= 15 is 0 Å². The van der Waals surface area contributed by atoms with Gasteiger partial charge in [-0.05, 0) is 24.6 Å². The summed E-state index contributed by atoms with van der Waals surface area (Å²) in [5, 5.41) is 0. The predicted octanol–water partition coefficient (Wildman–Crippen LogP) is 3.56. The van der Waals surface area contributed by atoms with Gasteiger partial charge in [0.2, 0.25) is 0 Å². The van der Waals surface area contributed by atoms with Gasteiger partial charge in [-0.25, -0.2) is 9.97 Å². The lowest BCUT2D eigenvalue weighted by Gasteiger charge is -2.03. The second-order valence-electron chi connectivity index (χ2n) is 4.82. The molecule has 0 spiro atoms. The molecule has 0 saturated heterocycles. The van der Waals surface area contributed by atoms with Gasteiger partial charge in [0.25, 0.3) is 0 Å². The first-order chi connectivity index (χ1) is 9.74. The number of hydrogen-bond donors (Lipinski definition) is 2. The Labute approximate surface area is 122 Å². The number of hydrogen-bond acceptors (Lipinski definition) is 3. The fourth-order valence-corrected chi connectivity index (χ4v) is 2.55. The van der Waals surface area contributed by atoms with Crippen LogP contribution in [0.5, 0.6) is 0 Å². The molecule has 0 bridgehead atoms. The van der Waals surface area contributed by atoms with E-state index in [1.165, 1.54) is 0 Å². The third-order valence-corrected chi connectivity index (χ3v) is 3.35. The molecule has 0 saturated carbocycles. The minimum atomic E-state index is 0.635. The lowest BCUT2D eigenvalue weighted by atomic mass is 10.2. The van der Waals surface area contributed by atoms with Gasteiger partial charge in [-0.3, -0.25) is 0 Å². The van der Waals surface area contributed by atoms with Crippen LogP contribution in [0.15, 0.2) is 30.3 Å². The van der Waals surface area contributed by atoms with Gasteiger partial charge in [0.05, 0.1) is 17.5 Å². The van der Waals surface area contributed by atoms with Crippen LogP contribution in [0.1, 0.15) is 30.7 Å². The van der Waals surface area contributed by atoms with E-state index in [0.29, 0.717) is 11.1 Å². The second kappa shape index (κ2) is 5.54. The van der Waals surface area contributed by atoms with Gasteiger partial charge in [-0.1, -0.05) is 37.7 Å². The van der Waals surface area contributed by atoms with E-state index in [1.807, 2.05) is 30.3 Å². The van der Waals surface area contributed by atoms with Crippen molar-refractivity contribution in [3.63, 3.8) is 0 Å². The van der Waals surface area contributed by atoms with Crippen molar-refractivity contribution in [2.45, 2.75) is 26.2 Å². The van der Waals surface area contributed by atoms with Crippen molar-refractivity contribution in [1.82, 2.24) is 19.9 Å². The monoisotopic (exact) mass is 284 g/mol. The number of benzene rings is 1. The Hall–Kier alpha value is -2.01.